The van der Waals surface area contributed by atoms with E-state index in [0.29, 0.717) is 0 Å². The standard InChI is InChI=1S/C8H11NO3/c1-3-4-5-7(8(11)12)9-6(2)10/h7H,5H2,1-2H3,(H,9,10)(H,11,12). The molecule has 0 aromatic rings. The van der Waals surface area contributed by atoms with Gasteiger partial charge in [-0.25, -0.2) is 4.79 Å². The lowest BCUT2D eigenvalue weighted by atomic mass is 10.2. The Morgan fingerprint density at radius 3 is 2.50 bits per heavy atom. The van der Waals surface area contributed by atoms with Crippen LogP contribution in [-0.2, 0) is 9.59 Å². The third-order valence-corrected chi connectivity index (χ3v) is 1.16. The summed E-state index contributed by atoms with van der Waals surface area (Å²) in [5.41, 5.74) is 0. The zero-order chi connectivity index (χ0) is 9.56. The predicted molar refractivity (Wildman–Crippen MR) is 43.3 cm³/mol. The molecule has 4 heteroatoms. The third kappa shape index (κ3) is 4.34. The fraction of sp³-hybridized carbons (Fsp3) is 0.500. The summed E-state index contributed by atoms with van der Waals surface area (Å²) in [6, 6.07) is -0.894. The summed E-state index contributed by atoms with van der Waals surface area (Å²) in [6.45, 7) is 2.89. The molecule has 1 atom stereocenters. The number of amides is 1. The molecule has 0 aromatic carbocycles. The van der Waals surface area contributed by atoms with Crippen molar-refractivity contribution in [2.24, 2.45) is 0 Å². The summed E-state index contributed by atoms with van der Waals surface area (Å²) in [5, 5.41) is 10.8. The van der Waals surface area contributed by atoms with Gasteiger partial charge in [-0.3, -0.25) is 4.79 Å². The molecular weight excluding hydrogens is 158 g/mol. The molecule has 4 nitrogen and oxygen atoms in total. The first-order valence-corrected chi connectivity index (χ1v) is 3.47. The molecular formula is C8H11NO3. The topological polar surface area (TPSA) is 66.4 Å². The van der Waals surface area contributed by atoms with Crippen molar-refractivity contribution >= 4 is 11.9 Å². The molecule has 0 aliphatic rings. The zero-order valence-electron chi connectivity index (χ0n) is 7.05. The summed E-state index contributed by atoms with van der Waals surface area (Å²) < 4.78 is 0. The quantitative estimate of drug-likeness (QED) is 0.584. The van der Waals surface area contributed by atoms with Crippen LogP contribution in [-0.4, -0.2) is 23.0 Å². The van der Waals surface area contributed by atoms with Crippen molar-refractivity contribution in [1.29, 1.82) is 0 Å². The Labute approximate surface area is 71.0 Å². The maximum atomic E-state index is 10.5. The highest BCUT2D eigenvalue weighted by atomic mass is 16.4. The number of nitrogens with one attached hydrogen (secondary N) is 1. The first-order chi connectivity index (χ1) is 5.57. The fourth-order valence-corrected chi connectivity index (χ4v) is 0.650. The number of rotatable bonds is 3. The van der Waals surface area contributed by atoms with Gasteiger partial charge in [0.25, 0.3) is 0 Å². The summed E-state index contributed by atoms with van der Waals surface area (Å²) in [4.78, 5) is 21.0. The van der Waals surface area contributed by atoms with Crippen LogP contribution in [0.25, 0.3) is 0 Å². The van der Waals surface area contributed by atoms with Crippen LogP contribution in [0.5, 0.6) is 0 Å². The van der Waals surface area contributed by atoms with Crippen molar-refractivity contribution in [3.05, 3.63) is 0 Å². The summed E-state index contributed by atoms with van der Waals surface area (Å²) in [6.07, 6.45) is 0.144. The van der Waals surface area contributed by atoms with Crippen LogP contribution in [0, 0.1) is 11.8 Å². The average molecular weight is 169 g/mol. The molecule has 0 fully saturated rings. The van der Waals surface area contributed by atoms with Crippen molar-refractivity contribution < 1.29 is 14.7 Å². The number of carboxylic acid groups (broad SMARTS) is 1. The second kappa shape index (κ2) is 5.19. The Balaban J connectivity index is 4.10. The minimum absolute atomic E-state index is 0.144. The van der Waals surface area contributed by atoms with Crippen LogP contribution >= 0.6 is 0 Å². The fourth-order valence-electron chi connectivity index (χ4n) is 0.650. The second-order valence-electron chi connectivity index (χ2n) is 2.22. The van der Waals surface area contributed by atoms with E-state index in [0.717, 1.165) is 0 Å². The largest absolute Gasteiger partial charge is 0.480 e. The summed E-state index contributed by atoms with van der Waals surface area (Å²) in [7, 11) is 0. The zero-order valence-corrected chi connectivity index (χ0v) is 7.05. The Morgan fingerprint density at radius 2 is 2.17 bits per heavy atom. The van der Waals surface area contributed by atoms with E-state index in [1.807, 2.05) is 0 Å². The van der Waals surface area contributed by atoms with Crippen molar-refractivity contribution in [1.82, 2.24) is 5.32 Å². The first kappa shape index (κ1) is 10.5. The Hall–Kier alpha value is -1.50. The van der Waals surface area contributed by atoms with Gasteiger partial charge in [0.1, 0.15) is 6.04 Å². The van der Waals surface area contributed by atoms with Crippen LogP contribution in [0.3, 0.4) is 0 Å². The molecule has 12 heavy (non-hydrogen) atoms. The van der Waals surface area contributed by atoms with Crippen molar-refractivity contribution in [2.75, 3.05) is 0 Å². The van der Waals surface area contributed by atoms with Crippen LogP contribution in [0.4, 0.5) is 0 Å². The highest BCUT2D eigenvalue weighted by Gasteiger charge is 2.16. The minimum atomic E-state index is -1.06. The number of aliphatic carboxylic acids is 1. The molecule has 1 amide bonds. The smallest absolute Gasteiger partial charge is 0.327 e. The van der Waals surface area contributed by atoms with E-state index in [9.17, 15) is 9.59 Å². The van der Waals surface area contributed by atoms with Gasteiger partial charge < -0.3 is 10.4 Å². The van der Waals surface area contributed by atoms with Crippen LogP contribution in [0.15, 0.2) is 0 Å². The monoisotopic (exact) mass is 169 g/mol. The Kier molecular flexibility index (Phi) is 4.54. The number of hydrogen-bond acceptors (Lipinski definition) is 2. The lowest BCUT2D eigenvalue weighted by Gasteiger charge is -2.08. The number of carboxylic acids is 1. The molecule has 0 spiro atoms. The Bertz CT molecular complexity index is 236. The molecule has 0 heterocycles. The van der Waals surface area contributed by atoms with Gasteiger partial charge in [0.15, 0.2) is 0 Å². The van der Waals surface area contributed by atoms with Gasteiger partial charge in [-0.15, -0.1) is 11.8 Å². The van der Waals surface area contributed by atoms with E-state index in [1.54, 1.807) is 6.92 Å². The van der Waals surface area contributed by atoms with E-state index >= 15 is 0 Å². The van der Waals surface area contributed by atoms with Crippen LogP contribution in [0.1, 0.15) is 20.3 Å². The second-order valence-corrected chi connectivity index (χ2v) is 2.22. The van der Waals surface area contributed by atoms with E-state index in [1.165, 1.54) is 6.92 Å². The molecule has 0 rings (SSSR count). The number of carbonyl (C=O) groups is 2. The van der Waals surface area contributed by atoms with Gasteiger partial charge >= 0.3 is 5.97 Å². The van der Waals surface area contributed by atoms with Gasteiger partial charge in [-0.2, -0.15) is 0 Å². The van der Waals surface area contributed by atoms with Crippen molar-refractivity contribution in [3.63, 3.8) is 0 Å². The lowest BCUT2D eigenvalue weighted by Crippen LogP contribution is -2.39. The molecule has 0 radical (unpaired) electrons. The normalized spacial score (nSPS) is 10.8. The number of hydrogen-bond donors (Lipinski definition) is 2. The first-order valence-electron chi connectivity index (χ1n) is 3.47. The highest BCUT2D eigenvalue weighted by molar-refractivity contribution is 5.82. The van der Waals surface area contributed by atoms with E-state index in [-0.39, 0.29) is 12.3 Å². The minimum Gasteiger partial charge on any atom is -0.480 e. The van der Waals surface area contributed by atoms with Gasteiger partial charge in [0.05, 0.1) is 0 Å². The van der Waals surface area contributed by atoms with Crippen molar-refractivity contribution in [3.8, 4) is 11.8 Å². The molecule has 66 valence electrons. The van der Waals surface area contributed by atoms with Gasteiger partial charge in [0, 0.05) is 13.3 Å². The lowest BCUT2D eigenvalue weighted by molar-refractivity contribution is -0.141. The summed E-state index contributed by atoms with van der Waals surface area (Å²) >= 11 is 0. The predicted octanol–water partition coefficient (Wildman–Crippen LogP) is -0.0109. The molecule has 0 aliphatic heterocycles. The van der Waals surface area contributed by atoms with Gasteiger partial charge in [-0.05, 0) is 6.92 Å². The number of carbonyl (C=O) groups excluding carboxylic acids is 1. The van der Waals surface area contributed by atoms with Gasteiger partial charge in [0.2, 0.25) is 5.91 Å². The molecule has 0 bridgehead atoms. The average Bonchev–Trinajstić information content (AvgIpc) is 1.96. The highest BCUT2D eigenvalue weighted by Crippen LogP contribution is 1.90. The molecule has 0 aromatic heterocycles. The third-order valence-electron chi connectivity index (χ3n) is 1.16. The maximum absolute atomic E-state index is 10.5. The maximum Gasteiger partial charge on any atom is 0.327 e. The van der Waals surface area contributed by atoms with E-state index < -0.39 is 12.0 Å². The van der Waals surface area contributed by atoms with Crippen LogP contribution in [0.2, 0.25) is 0 Å². The Morgan fingerprint density at radius 1 is 1.58 bits per heavy atom. The SMILES string of the molecule is CC#CCC(NC(C)=O)C(=O)O. The van der Waals surface area contributed by atoms with E-state index in [4.69, 9.17) is 5.11 Å². The van der Waals surface area contributed by atoms with Crippen molar-refractivity contribution in [2.45, 2.75) is 26.3 Å². The molecule has 1 unspecified atom stereocenters. The molecule has 2 N–H and O–H groups in total. The molecule has 0 saturated carbocycles. The van der Waals surface area contributed by atoms with Gasteiger partial charge in [-0.1, -0.05) is 0 Å². The molecule has 0 saturated heterocycles. The van der Waals surface area contributed by atoms with Crippen LogP contribution < -0.4 is 5.32 Å². The van der Waals surface area contributed by atoms with E-state index in [2.05, 4.69) is 17.2 Å². The summed E-state index contributed by atoms with van der Waals surface area (Å²) in [5.74, 6) is 3.73. The molecule has 0 aliphatic carbocycles.